The molecule has 2 aromatic carbocycles. The number of alkyl halides is 3. The minimum atomic E-state index is -4.55. The maximum absolute atomic E-state index is 13.1. The van der Waals surface area contributed by atoms with Gasteiger partial charge in [-0.2, -0.15) is 23.1 Å². The van der Waals surface area contributed by atoms with Gasteiger partial charge in [-0.1, -0.05) is 12.1 Å². The first-order valence-corrected chi connectivity index (χ1v) is 12.3. The first-order valence-electron chi connectivity index (χ1n) is 12.3. The van der Waals surface area contributed by atoms with Crippen LogP contribution in [0.25, 0.3) is 11.2 Å². The van der Waals surface area contributed by atoms with Crippen LogP contribution in [0.1, 0.15) is 35.3 Å². The van der Waals surface area contributed by atoms with Crippen molar-refractivity contribution in [2.24, 2.45) is 7.05 Å². The van der Waals surface area contributed by atoms with E-state index in [0.717, 1.165) is 17.7 Å². The Morgan fingerprint density at radius 2 is 1.85 bits per heavy atom. The van der Waals surface area contributed by atoms with E-state index < -0.39 is 17.6 Å². The number of amides is 1. The molecule has 0 radical (unpaired) electrons. The lowest BCUT2D eigenvalue weighted by atomic mass is 10.1. The van der Waals surface area contributed by atoms with Crippen molar-refractivity contribution in [3.63, 3.8) is 0 Å². The second kappa shape index (κ2) is 10.2. The molecule has 1 amide bonds. The van der Waals surface area contributed by atoms with Gasteiger partial charge in [-0.05, 0) is 50.6 Å². The van der Waals surface area contributed by atoms with Crippen LogP contribution in [-0.2, 0) is 18.0 Å². The number of hydrogen-bond acceptors (Lipinski definition) is 7. The van der Waals surface area contributed by atoms with Crippen LogP contribution in [-0.4, -0.2) is 50.7 Å². The van der Waals surface area contributed by atoms with Crippen molar-refractivity contribution < 1.29 is 27.4 Å². The zero-order valence-corrected chi connectivity index (χ0v) is 21.8. The number of benzene rings is 2. The molecule has 0 spiro atoms. The molecule has 5 rings (SSSR count). The number of carbonyl (C=O) groups excluding carboxylic acids is 1. The molecule has 0 aliphatic carbocycles. The zero-order chi connectivity index (χ0) is 27.9. The molecule has 0 bridgehead atoms. The molecule has 2 aromatic heterocycles. The van der Waals surface area contributed by atoms with Crippen LogP contribution < -0.4 is 15.0 Å². The largest absolute Gasteiger partial charge is 0.436 e. The van der Waals surface area contributed by atoms with Crippen LogP contribution in [0.5, 0.6) is 11.6 Å². The topological polar surface area (TPSA) is 94.4 Å². The number of imidazole rings is 1. The summed E-state index contributed by atoms with van der Waals surface area (Å²) >= 11 is 0. The van der Waals surface area contributed by atoms with Crippen LogP contribution in [0.3, 0.4) is 0 Å². The van der Waals surface area contributed by atoms with Gasteiger partial charge in [0.25, 0.3) is 11.8 Å². The number of ether oxygens (including phenoxy) is 2. The van der Waals surface area contributed by atoms with Crippen molar-refractivity contribution >= 4 is 28.7 Å². The molecule has 2 atom stereocenters. The van der Waals surface area contributed by atoms with Gasteiger partial charge in [0, 0.05) is 37.5 Å². The smallest absolute Gasteiger partial charge is 0.416 e. The molecule has 204 valence electrons. The Kier molecular flexibility index (Phi) is 6.89. The van der Waals surface area contributed by atoms with Crippen molar-refractivity contribution in [1.29, 1.82) is 0 Å². The molecule has 3 heterocycles. The summed E-state index contributed by atoms with van der Waals surface area (Å²) in [5.41, 5.74) is 1.15. The Hall–Kier alpha value is -4.19. The molecule has 1 fully saturated rings. The van der Waals surface area contributed by atoms with Gasteiger partial charge in [0.05, 0.1) is 24.1 Å². The van der Waals surface area contributed by atoms with Crippen molar-refractivity contribution in [3.05, 3.63) is 65.5 Å². The maximum Gasteiger partial charge on any atom is 0.416 e. The number of morpholine rings is 1. The monoisotopic (exact) mass is 540 g/mol. The molecular weight excluding hydrogens is 513 g/mol. The van der Waals surface area contributed by atoms with Crippen molar-refractivity contribution in [1.82, 2.24) is 19.5 Å². The molecule has 1 saturated heterocycles. The molecule has 1 aliphatic heterocycles. The second-order valence-electron chi connectivity index (χ2n) is 9.63. The van der Waals surface area contributed by atoms with Gasteiger partial charge >= 0.3 is 6.18 Å². The number of fused-ring (bicyclic) bond motifs is 1. The van der Waals surface area contributed by atoms with Crippen LogP contribution in [0.2, 0.25) is 0 Å². The highest BCUT2D eigenvalue weighted by molar-refractivity contribution is 6.04. The highest BCUT2D eigenvalue weighted by Crippen LogP contribution is 2.33. The fourth-order valence-electron chi connectivity index (χ4n) is 4.46. The lowest BCUT2D eigenvalue weighted by Gasteiger charge is -2.35. The Labute approximate surface area is 222 Å². The molecule has 1 aliphatic rings. The number of halogens is 3. The molecule has 12 heteroatoms. The summed E-state index contributed by atoms with van der Waals surface area (Å²) in [5, 5.41) is 2.64. The SMILES string of the molecule is Cc1ccc(NC(=O)c2cccc(C(F)(F)F)c2)cc1Oc1nc(N2CC(C)OC(C)C2)nc2c1ncn2C. The van der Waals surface area contributed by atoms with Crippen molar-refractivity contribution in [2.45, 2.75) is 39.2 Å². The third-order valence-electron chi connectivity index (χ3n) is 6.32. The number of aromatic nitrogens is 4. The average molecular weight is 541 g/mol. The first-order chi connectivity index (χ1) is 18.5. The zero-order valence-electron chi connectivity index (χ0n) is 21.8. The normalized spacial score (nSPS) is 17.9. The van der Waals surface area contributed by atoms with Gasteiger partial charge in [0.1, 0.15) is 5.75 Å². The summed E-state index contributed by atoms with van der Waals surface area (Å²) in [6.07, 6.45) is -2.92. The molecule has 2 unspecified atom stereocenters. The predicted molar refractivity (Wildman–Crippen MR) is 139 cm³/mol. The van der Waals surface area contributed by atoms with E-state index in [-0.39, 0.29) is 23.7 Å². The van der Waals surface area contributed by atoms with E-state index in [0.29, 0.717) is 41.6 Å². The van der Waals surface area contributed by atoms with Gasteiger partial charge in [-0.15, -0.1) is 0 Å². The van der Waals surface area contributed by atoms with Crippen LogP contribution in [0.4, 0.5) is 24.8 Å². The molecule has 1 N–H and O–H groups in total. The van der Waals surface area contributed by atoms with Crippen LogP contribution in [0, 0.1) is 6.92 Å². The van der Waals surface area contributed by atoms with E-state index in [9.17, 15) is 18.0 Å². The lowest BCUT2D eigenvalue weighted by molar-refractivity contribution is -0.137. The van der Waals surface area contributed by atoms with E-state index in [1.165, 1.54) is 12.1 Å². The number of hydrogen-bond donors (Lipinski definition) is 1. The van der Waals surface area contributed by atoms with Crippen molar-refractivity contribution in [2.75, 3.05) is 23.3 Å². The summed E-state index contributed by atoms with van der Waals surface area (Å²) in [5.74, 6) is 0.446. The van der Waals surface area contributed by atoms with E-state index in [2.05, 4.69) is 15.3 Å². The summed E-state index contributed by atoms with van der Waals surface area (Å²) in [6, 6.07) is 9.23. The van der Waals surface area contributed by atoms with Gasteiger partial charge in [0.2, 0.25) is 5.95 Å². The van der Waals surface area contributed by atoms with Gasteiger partial charge in [-0.3, -0.25) is 4.79 Å². The number of nitrogens with zero attached hydrogens (tertiary/aromatic N) is 5. The fraction of sp³-hybridized carbons (Fsp3) is 0.333. The number of rotatable bonds is 5. The summed E-state index contributed by atoms with van der Waals surface area (Å²) < 4.78 is 53.1. The van der Waals surface area contributed by atoms with Gasteiger partial charge in [0.15, 0.2) is 11.2 Å². The number of nitrogens with one attached hydrogen (secondary N) is 1. The quantitative estimate of drug-likeness (QED) is 0.365. The van der Waals surface area contributed by atoms with Gasteiger partial charge < -0.3 is 24.3 Å². The highest BCUT2D eigenvalue weighted by atomic mass is 19.4. The number of carbonyl (C=O) groups is 1. The Morgan fingerprint density at radius 1 is 1.10 bits per heavy atom. The fourth-order valence-corrected chi connectivity index (χ4v) is 4.46. The summed E-state index contributed by atoms with van der Waals surface area (Å²) in [6.45, 7) is 7.04. The lowest BCUT2D eigenvalue weighted by Crippen LogP contribution is -2.46. The average Bonchev–Trinajstić information content (AvgIpc) is 3.26. The van der Waals surface area contributed by atoms with Crippen LogP contribution in [0.15, 0.2) is 48.8 Å². The number of aryl methyl sites for hydroxylation is 2. The Bertz CT molecular complexity index is 1530. The minimum absolute atomic E-state index is 0.00307. The first kappa shape index (κ1) is 26.4. The standard InChI is InChI=1S/C27H27F3N6O3/c1-15-8-9-20(32-24(37)18-6-5-7-19(10-18)27(28,29)30)11-21(15)39-25-22-23(35(4)14-31-22)33-26(34-25)36-12-16(2)38-17(3)13-36/h5-11,14,16-17H,12-13H2,1-4H3,(H,32,37). The Morgan fingerprint density at radius 3 is 2.56 bits per heavy atom. The van der Waals surface area contributed by atoms with E-state index in [1.807, 2.05) is 32.7 Å². The third kappa shape index (κ3) is 5.65. The van der Waals surface area contributed by atoms with Crippen LogP contribution >= 0.6 is 0 Å². The van der Waals surface area contributed by atoms with E-state index >= 15 is 0 Å². The minimum Gasteiger partial charge on any atom is -0.436 e. The molecule has 9 nitrogen and oxygen atoms in total. The predicted octanol–water partition coefficient (Wildman–Crippen LogP) is 5.35. The molecule has 0 saturated carbocycles. The summed E-state index contributed by atoms with van der Waals surface area (Å²) in [7, 11) is 1.83. The van der Waals surface area contributed by atoms with Gasteiger partial charge in [-0.25, -0.2) is 4.98 Å². The van der Waals surface area contributed by atoms with E-state index in [4.69, 9.17) is 14.5 Å². The molecule has 4 aromatic rings. The van der Waals surface area contributed by atoms with Crippen molar-refractivity contribution in [3.8, 4) is 11.6 Å². The summed E-state index contributed by atoms with van der Waals surface area (Å²) in [4.78, 5) is 28.6. The second-order valence-corrected chi connectivity index (χ2v) is 9.63. The Balaban J connectivity index is 1.44. The molecular formula is C27H27F3N6O3. The molecule has 39 heavy (non-hydrogen) atoms. The highest BCUT2D eigenvalue weighted by Gasteiger charge is 2.31. The maximum atomic E-state index is 13.1. The number of anilines is 2. The third-order valence-corrected chi connectivity index (χ3v) is 6.32. The van der Waals surface area contributed by atoms with E-state index in [1.54, 1.807) is 29.1 Å².